The second-order valence-corrected chi connectivity index (χ2v) is 8.21. The zero-order chi connectivity index (χ0) is 20.8. The summed E-state index contributed by atoms with van der Waals surface area (Å²) in [5, 5.41) is 1.24. The Bertz CT molecular complexity index is 1160. The van der Waals surface area contributed by atoms with E-state index in [0.29, 0.717) is 0 Å². The maximum atomic E-state index is 12.6. The summed E-state index contributed by atoms with van der Waals surface area (Å²) < 4.78 is 10.6. The van der Waals surface area contributed by atoms with E-state index in [4.69, 9.17) is 9.47 Å². The predicted octanol–water partition coefficient (Wildman–Crippen LogP) is 4.63. The number of nitrogens with one attached hydrogen (secondary N) is 1. The van der Waals surface area contributed by atoms with Gasteiger partial charge in [0.1, 0.15) is 5.75 Å². The molecule has 5 heteroatoms. The van der Waals surface area contributed by atoms with Gasteiger partial charge >= 0.3 is 5.97 Å². The van der Waals surface area contributed by atoms with Gasteiger partial charge in [-0.15, -0.1) is 0 Å². The number of hydrogen-bond donors (Lipinski definition) is 1. The number of aromatic nitrogens is 1. The van der Waals surface area contributed by atoms with Gasteiger partial charge in [0.15, 0.2) is 0 Å². The summed E-state index contributed by atoms with van der Waals surface area (Å²) in [7, 11) is 3.16. The standard InChI is InChI=1S/C25H26N2O3/c1-15-5-4-6-16(11-15)19-13-23-24-18(9-10-27(23)14-21(19)25(28)30-3)20-12-17(29-2)7-8-22(20)26-24/h4-8,11-12,14,19,23,26H,9-10,13H2,1-3H3/t19-,23-/m1/s1. The summed E-state index contributed by atoms with van der Waals surface area (Å²) >= 11 is 0. The minimum Gasteiger partial charge on any atom is -0.497 e. The van der Waals surface area contributed by atoms with E-state index in [1.807, 2.05) is 12.3 Å². The van der Waals surface area contributed by atoms with Crippen LogP contribution in [0, 0.1) is 6.92 Å². The van der Waals surface area contributed by atoms with Gasteiger partial charge in [0, 0.05) is 35.3 Å². The summed E-state index contributed by atoms with van der Waals surface area (Å²) in [6, 6.07) is 14.8. The highest BCUT2D eigenvalue weighted by Crippen LogP contribution is 2.46. The number of aryl methyl sites for hydroxylation is 1. The van der Waals surface area contributed by atoms with Crippen molar-refractivity contribution < 1.29 is 14.3 Å². The Labute approximate surface area is 176 Å². The molecule has 2 atom stereocenters. The summed E-state index contributed by atoms with van der Waals surface area (Å²) in [4.78, 5) is 18.6. The van der Waals surface area contributed by atoms with Gasteiger partial charge in [0.2, 0.25) is 0 Å². The Balaban J connectivity index is 1.61. The predicted molar refractivity (Wildman–Crippen MR) is 117 cm³/mol. The van der Waals surface area contributed by atoms with Crippen molar-refractivity contribution in [2.24, 2.45) is 0 Å². The molecule has 1 N–H and O–H groups in total. The van der Waals surface area contributed by atoms with Gasteiger partial charge < -0.3 is 19.4 Å². The molecule has 2 aromatic carbocycles. The number of fused-ring (bicyclic) bond motifs is 5. The molecule has 0 amide bonds. The second kappa shape index (κ2) is 7.24. The Morgan fingerprint density at radius 3 is 2.80 bits per heavy atom. The molecule has 0 aliphatic carbocycles. The molecule has 30 heavy (non-hydrogen) atoms. The second-order valence-electron chi connectivity index (χ2n) is 8.21. The minimum absolute atomic E-state index is 0.00509. The first-order valence-corrected chi connectivity index (χ1v) is 10.4. The van der Waals surface area contributed by atoms with Crippen molar-refractivity contribution in [3.63, 3.8) is 0 Å². The molecule has 0 saturated heterocycles. The van der Waals surface area contributed by atoms with E-state index in [1.165, 1.54) is 29.3 Å². The number of esters is 1. The Morgan fingerprint density at radius 1 is 1.17 bits per heavy atom. The first kappa shape index (κ1) is 18.8. The maximum absolute atomic E-state index is 12.6. The maximum Gasteiger partial charge on any atom is 0.335 e. The molecule has 0 fully saturated rings. The molecular formula is C25H26N2O3. The van der Waals surface area contributed by atoms with Crippen molar-refractivity contribution in [3.8, 4) is 5.75 Å². The highest BCUT2D eigenvalue weighted by Gasteiger charge is 2.38. The van der Waals surface area contributed by atoms with Crippen LogP contribution in [0.25, 0.3) is 10.9 Å². The number of benzene rings is 2. The molecule has 3 aromatic rings. The summed E-state index contributed by atoms with van der Waals surface area (Å²) in [5.41, 5.74) is 6.85. The molecule has 0 radical (unpaired) electrons. The Kier molecular flexibility index (Phi) is 4.54. The smallest absolute Gasteiger partial charge is 0.335 e. The fourth-order valence-electron chi connectivity index (χ4n) is 5.03. The van der Waals surface area contributed by atoms with Crippen LogP contribution in [0.5, 0.6) is 5.75 Å². The number of hydrogen-bond acceptors (Lipinski definition) is 4. The molecule has 0 bridgehead atoms. The number of nitrogens with zero attached hydrogens (tertiary/aromatic N) is 1. The van der Waals surface area contributed by atoms with Crippen molar-refractivity contribution >= 4 is 16.9 Å². The third-order valence-electron chi connectivity index (χ3n) is 6.50. The lowest BCUT2D eigenvalue weighted by Crippen LogP contribution is -2.37. The Hall–Kier alpha value is -3.21. The molecule has 3 heterocycles. The topological polar surface area (TPSA) is 54.6 Å². The highest BCUT2D eigenvalue weighted by molar-refractivity contribution is 5.91. The largest absolute Gasteiger partial charge is 0.497 e. The van der Waals surface area contributed by atoms with Gasteiger partial charge in [-0.25, -0.2) is 4.79 Å². The highest BCUT2D eigenvalue weighted by atomic mass is 16.5. The van der Waals surface area contributed by atoms with Crippen molar-refractivity contribution in [1.29, 1.82) is 0 Å². The van der Waals surface area contributed by atoms with Crippen LogP contribution in [0.15, 0.2) is 54.2 Å². The number of carbonyl (C=O) groups is 1. The van der Waals surface area contributed by atoms with Crippen molar-refractivity contribution in [2.45, 2.75) is 31.7 Å². The lowest BCUT2D eigenvalue weighted by atomic mass is 9.79. The quantitative estimate of drug-likeness (QED) is 0.649. The SMILES string of the molecule is COC(=O)C1=CN2CCc3c([nH]c4ccc(OC)cc34)[C@H]2C[C@@H]1c1cccc(C)c1. The molecule has 5 rings (SSSR count). The summed E-state index contributed by atoms with van der Waals surface area (Å²) in [6.45, 7) is 2.97. The fourth-order valence-corrected chi connectivity index (χ4v) is 5.03. The van der Waals surface area contributed by atoms with Crippen LogP contribution in [0.1, 0.15) is 40.8 Å². The van der Waals surface area contributed by atoms with E-state index < -0.39 is 0 Å². The van der Waals surface area contributed by atoms with E-state index >= 15 is 0 Å². The lowest BCUT2D eigenvalue weighted by Gasteiger charge is -2.41. The molecule has 0 unspecified atom stereocenters. The fraction of sp³-hybridized carbons (Fsp3) is 0.320. The van der Waals surface area contributed by atoms with E-state index in [9.17, 15) is 4.79 Å². The lowest BCUT2D eigenvalue weighted by molar-refractivity contribution is -0.136. The normalized spacial score (nSPS) is 20.4. The molecule has 154 valence electrons. The molecule has 2 aliphatic rings. The van der Waals surface area contributed by atoms with Crippen LogP contribution in [0.3, 0.4) is 0 Å². The number of rotatable bonds is 3. The van der Waals surface area contributed by atoms with Crippen LogP contribution in [-0.2, 0) is 16.0 Å². The number of methoxy groups -OCH3 is 2. The average molecular weight is 402 g/mol. The monoisotopic (exact) mass is 402 g/mol. The number of carbonyl (C=O) groups excluding carboxylic acids is 1. The van der Waals surface area contributed by atoms with Gasteiger partial charge in [0.25, 0.3) is 0 Å². The molecule has 1 aromatic heterocycles. The third-order valence-corrected chi connectivity index (χ3v) is 6.50. The molecular weight excluding hydrogens is 376 g/mol. The summed E-state index contributed by atoms with van der Waals surface area (Å²) in [5.74, 6) is 0.638. The van der Waals surface area contributed by atoms with Crippen LogP contribution in [0.4, 0.5) is 0 Å². The zero-order valence-electron chi connectivity index (χ0n) is 17.6. The van der Waals surface area contributed by atoms with Gasteiger partial charge in [-0.05, 0) is 49.1 Å². The number of H-pyrrole nitrogens is 1. The molecule has 0 saturated carbocycles. The van der Waals surface area contributed by atoms with Gasteiger partial charge in [-0.2, -0.15) is 0 Å². The molecule has 0 spiro atoms. The molecule has 5 nitrogen and oxygen atoms in total. The van der Waals surface area contributed by atoms with E-state index in [-0.39, 0.29) is 17.9 Å². The van der Waals surface area contributed by atoms with Crippen LogP contribution < -0.4 is 4.74 Å². The van der Waals surface area contributed by atoms with E-state index in [1.54, 1.807) is 7.11 Å². The number of ether oxygens (including phenoxy) is 2. The van der Waals surface area contributed by atoms with Crippen molar-refractivity contribution in [2.75, 3.05) is 20.8 Å². The Morgan fingerprint density at radius 2 is 2.03 bits per heavy atom. The number of aromatic amines is 1. The first-order valence-electron chi connectivity index (χ1n) is 10.4. The minimum atomic E-state index is -0.243. The van der Waals surface area contributed by atoms with Crippen molar-refractivity contribution in [3.05, 3.63) is 76.6 Å². The zero-order valence-corrected chi connectivity index (χ0v) is 17.6. The van der Waals surface area contributed by atoms with Crippen LogP contribution >= 0.6 is 0 Å². The average Bonchev–Trinajstić information content (AvgIpc) is 3.15. The van der Waals surface area contributed by atoms with Gasteiger partial charge in [0.05, 0.1) is 25.8 Å². The first-order chi connectivity index (χ1) is 14.6. The summed E-state index contributed by atoms with van der Waals surface area (Å²) in [6.07, 6.45) is 3.79. The van der Waals surface area contributed by atoms with Gasteiger partial charge in [-0.3, -0.25) is 0 Å². The third kappa shape index (κ3) is 2.96. The van der Waals surface area contributed by atoms with Gasteiger partial charge in [-0.1, -0.05) is 29.8 Å². The van der Waals surface area contributed by atoms with E-state index in [0.717, 1.165) is 41.8 Å². The van der Waals surface area contributed by atoms with Crippen LogP contribution in [0.2, 0.25) is 0 Å². The van der Waals surface area contributed by atoms with Crippen molar-refractivity contribution in [1.82, 2.24) is 9.88 Å². The van der Waals surface area contributed by atoms with Crippen LogP contribution in [-0.4, -0.2) is 36.6 Å². The molecule has 2 aliphatic heterocycles. The van der Waals surface area contributed by atoms with E-state index in [2.05, 4.69) is 53.2 Å².